The van der Waals surface area contributed by atoms with Crippen molar-refractivity contribution in [2.75, 3.05) is 4.72 Å². The fourth-order valence-corrected chi connectivity index (χ4v) is 3.70. The summed E-state index contributed by atoms with van der Waals surface area (Å²) in [7, 11) is -3.72. The summed E-state index contributed by atoms with van der Waals surface area (Å²) < 4.78 is 27.2. The van der Waals surface area contributed by atoms with Gasteiger partial charge >= 0.3 is 0 Å². The van der Waals surface area contributed by atoms with E-state index in [1.54, 1.807) is 37.3 Å². The van der Waals surface area contributed by atoms with Gasteiger partial charge in [-0.1, -0.05) is 35.3 Å². The summed E-state index contributed by atoms with van der Waals surface area (Å²) in [5.74, 6) is 0. The molecule has 0 saturated heterocycles. The Kier molecular flexibility index (Phi) is 4.28. The molecule has 0 aliphatic rings. The van der Waals surface area contributed by atoms with Crippen LogP contribution in [0, 0.1) is 13.8 Å². The summed E-state index contributed by atoms with van der Waals surface area (Å²) >= 11 is 12.0. The highest BCUT2D eigenvalue weighted by Crippen LogP contribution is 2.28. The van der Waals surface area contributed by atoms with Gasteiger partial charge in [-0.15, -0.1) is 0 Å². The number of rotatable bonds is 3. The first kappa shape index (κ1) is 15.2. The lowest BCUT2D eigenvalue weighted by atomic mass is 10.2. The Bertz CT molecular complexity index is 758. The van der Waals surface area contributed by atoms with Gasteiger partial charge in [0.1, 0.15) is 0 Å². The second kappa shape index (κ2) is 5.64. The SMILES string of the molecule is Cc1ccc(NS(=O)(=O)c2cccc(Cl)c2C)c(Cl)c1. The van der Waals surface area contributed by atoms with E-state index in [0.29, 0.717) is 21.3 Å². The number of nitrogens with one attached hydrogen (secondary N) is 1. The van der Waals surface area contributed by atoms with Crippen LogP contribution in [0.1, 0.15) is 11.1 Å². The van der Waals surface area contributed by atoms with E-state index in [4.69, 9.17) is 23.2 Å². The number of anilines is 1. The molecule has 1 N–H and O–H groups in total. The fourth-order valence-electron chi connectivity index (χ4n) is 1.78. The number of halogens is 2. The topological polar surface area (TPSA) is 46.2 Å². The molecule has 0 atom stereocenters. The van der Waals surface area contributed by atoms with Crippen LogP contribution in [0.15, 0.2) is 41.3 Å². The number of hydrogen-bond acceptors (Lipinski definition) is 2. The zero-order valence-corrected chi connectivity index (χ0v) is 13.3. The summed E-state index contributed by atoms with van der Waals surface area (Å²) in [6.45, 7) is 3.54. The zero-order chi connectivity index (χ0) is 14.9. The van der Waals surface area contributed by atoms with Crippen molar-refractivity contribution >= 4 is 38.9 Å². The van der Waals surface area contributed by atoms with Gasteiger partial charge in [0.25, 0.3) is 10.0 Å². The number of sulfonamides is 1. The third-order valence-electron chi connectivity index (χ3n) is 2.88. The minimum Gasteiger partial charge on any atom is -0.278 e. The molecular formula is C14H13Cl2NO2S. The number of hydrogen-bond donors (Lipinski definition) is 1. The minimum atomic E-state index is -3.72. The number of benzene rings is 2. The van der Waals surface area contributed by atoms with E-state index < -0.39 is 10.0 Å². The molecule has 6 heteroatoms. The fraction of sp³-hybridized carbons (Fsp3) is 0.143. The van der Waals surface area contributed by atoms with Gasteiger partial charge in [-0.25, -0.2) is 8.42 Å². The summed E-state index contributed by atoms with van der Waals surface area (Å²) in [6, 6.07) is 9.87. The van der Waals surface area contributed by atoms with Gasteiger partial charge in [0.05, 0.1) is 15.6 Å². The maximum absolute atomic E-state index is 12.4. The zero-order valence-electron chi connectivity index (χ0n) is 10.9. The molecule has 20 heavy (non-hydrogen) atoms. The first-order valence-corrected chi connectivity index (χ1v) is 8.09. The maximum atomic E-state index is 12.4. The van der Waals surface area contributed by atoms with Crippen molar-refractivity contribution in [1.29, 1.82) is 0 Å². The van der Waals surface area contributed by atoms with Gasteiger partial charge < -0.3 is 0 Å². The first-order valence-electron chi connectivity index (χ1n) is 5.85. The van der Waals surface area contributed by atoms with Crippen LogP contribution in [0.5, 0.6) is 0 Å². The molecule has 0 unspecified atom stereocenters. The lowest BCUT2D eigenvalue weighted by Gasteiger charge is -2.12. The highest BCUT2D eigenvalue weighted by atomic mass is 35.5. The average molecular weight is 330 g/mol. The lowest BCUT2D eigenvalue weighted by Crippen LogP contribution is -2.14. The Morgan fingerprint density at radius 2 is 1.70 bits per heavy atom. The van der Waals surface area contributed by atoms with Gasteiger partial charge in [-0.05, 0) is 49.2 Å². The summed E-state index contributed by atoms with van der Waals surface area (Å²) in [5, 5.41) is 0.760. The van der Waals surface area contributed by atoms with Crippen LogP contribution in [0.4, 0.5) is 5.69 Å². The predicted molar refractivity (Wildman–Crippen MR) is 83.2 cm³/mol. The van der Waals surface area contributed by atoms with Crippen LogP contribution >= 0.6 is 23.2 Å². The molecule has 2 aromatic carbocycles. The molecule has 0 aliphatic heterocycles. The minimum absolute atomic E-state index is 0.140. The normalized spacial score (nSPS) is 11.4. The summed E-state index contributed by atoms with van der Waals surface area (Å²) in [5.41, 5.74) is 1.80. The van der Waals surface area contributed by atoms with E-state index in [0.717, 1.165) is 5.56 Å². The molecule has 3 nitrogen and oxygen atoms in total. The second-order valence-corrected chi connectivity index (χ2v) is 6.92. The van der Waals surface area contributed by atoms with E-state index in [1.807, 2.05) is 6.92 Å². The standard InChI is InChI=1S/C14H13Cl2NO2S/c1-9-6-7-13(12(16)8-9)17-20(18,19)14-5-3-4-11(15)10(14)2/h3-8,17H,1-2H3. The third-order valence-corrected chi connectivity index (χ3v) is 5.11. The molecule has 0 amide bonds. The quantitative estimate of drug-likeness (QED) is 0.906. The Morgan fingerprint density at radius 1 is 1.00 bits per heavy atom. The van der Waals surface area contributed by atoms with Gasteiger partial charge in [0.2, 0.25) is 0 Å². The molecule has 0 saturated carbocycles. The third kappa shape index (κ3) is 3.08. The first-order chi connectivity index (χ1) is 9.31. The smallest absolute Gasteiger partial charge is 0.262 e. The van der Waals surface area contributed by atoms with Crippen molar-refractivity contribution in [3.05, 3.63) is 57.6 Å². The molecule has 0 radical (unpaired) electrons. The van der Waals surface area contributed by atoms with Crippen LogP contribution in [0.3, 0.4) is 0 Å². The van der Waals surface area contributed by atoms with Crippen LogP contribution in [-0.2, 0) is 10.0 Å². The molecule has 2 aromatic rings. The molecular weight excluding hydrogens is 317 g/mol. The van der Waals surface area contributed by atoms with E-state index in [1.165, 1.54) is 6.07 Å². The van der Waals surface area contributed by atoms with Crippen molar-refractivity contribution in [2.45, 2.75) is 18.7 Å². The second-order valence-electron chi connectivity index (χ2n) is 4.45. The Hall–Kier alpha value is -1.23. The Morgan fingerprint density at radius 3 is 2.35 bits per heavy atom. The molecule has 0 aliphatic carbocycles. The molecule has 106 valence electrons. The largest absolute Gasteiger partial charge is 0.278 e. The van der Waals surface area contributed by atoms with Gasteiger partial charge in [-0.3, -0.25) is 4.72 Å². The van der Waals surface area contributed by atoms with E-state index in [-0.39, 0.29) is 4.90 Å². The Labute approximate surface area is 128 Å². The highest BCUT2D eigenvalue weighted by molar-refractivity contribution is 7.92. The molecule has 0 aromatic heterocycles. The predicted octanol–water partition coefficient (Wildman–Crippen LogP) is 4.41. The Balaban J connectivity index is 2.44. The van der Waals surface area contributed by atoms with Crippen LogP contribution in [-0.4, -0.2) is 8.42 Å². The van der Waals surface area contributed by atoms with E-state index in [9.17, 15) is 8.42 Å². The molecule has 0 spiro atoms. The van der Waals surface area contributed by atoms with Crippen molar-refractivity contribution < 1.29 is 8.42 Å². The molecule has 0 bridgehead atoms. The molecule has 2 rings (SSSR count). The summed E-state index contributed by atoms with van der Waals surface area (Å²) in [6.07, 6.45) is 0. The van der Waals surface area contributed by atoms with Gasteiger partial charge in [-0.2, -0.15) is 0 Å². The average Bonchev–Trinajstić information content (AvgIpc) is 2.36. The molecule has 0 heterocycles. The number of aryl methyl sites for hydroxylation is 1. The van der Waals surface area contributed by atoms with Crippen molar-refractivity contribution in [3.8, 4) is 0 Å². The van der Waals surface area contributed by atoms with Gasteiger partial charge in [0.15, 0.2) is 0 Å². The molecule has 0 fully saturated rings. The summed E-state index contributed by atoms with van der Waals surface area (Å²) in [4.78, 5) is 0.140. The van der Waals surface area contributed by atoms with E-state index >= 15 is 0 Å². The van der Waals surface area contributed by atoms with Crippen molar-refractivity contribution in [3.63, 3.8) is 0 Å². The van der Waals surface area contributed by atoms with E-state index in [2.05, 4.69) is 4.72 Å². The van der Waals surface area contributed by atoms with Crippen LogP contribution in [0.25, 0.3) is 0 Å². The maximum Gasteiger partial charge on any atom is 0.262 e. The van der Waals surface area contributed by atoms with Crippen molar-refractivity contribution in [2.24, 2.45) is 0 Å². The highest BCUT2D eigenvalue weighted by Gasteiger charge is 2.19. The van der Waals surface area contributed by atoms with Crippen LogP contribution < -0.4 is 4.72 Å². The van der Waals surface area contributed by atoms with Gasteiger partial charge in [0, 0.05) is 5.02 Å². The monoisotopic (exact) mass is 329 g/mol. The van der Waals surface area contributed by atoms with Crippen molar-refractivity contribution in [1.82, 2.24) is 0 Å². The lowest BCUT2D eigenvalue weighted by molar-refractivity contribution is 0.600. The van der Waals surface area contributed by atoms with Crippen LogP contribution in [0.2, 0.25) is 10.0 Å².